The number of allylic oxidation sites excluding steroid dienone is 3. The van der Waals surface area contributed by atoms with Gasteiger partial charge < -0.3 is 0 Å². The van der Waals surface area contributed by atoms with E-state index in [2.05, 4.69) is 75.9 Å². The van der Waals surface area contributed by atoms with E-state index in [-0.39, 0.29) is 16.7 Å². The summed E-state index contributed by atoms with van der Waals surface area (Å²) >= 11 is 6.70. The third-order valence-corrected chi connectivity index (χ3v) is 6.01. The molecule has 1 aliphatic rings. The van der Waals surface area contributed by atoms with Gasteiger partial charge in [0.25, 0.3) is 0 Å². The van der Waals surface area contributed by atoms with Crippen molar-refractivity contribution in [3.63, 3.8) is 0 Å². The molecule has 0 saturated heterocycles. The SMILES string of the molecule is C=C(C)C(C)(c1c(CC)ccc2ccccc12)C1C=CCC1Cl. The van der Waals surface area contributed by atoms with Gasteiger partial charge in [-0.1, -0.05) is 74.5 Å². The number of fused-ring (bicyclic) bond motifs is 1. The van der Waals surface area contributed by atoms with Crippen LogP contribution in [-0.4, -0.2) is 5.38 Å². The molecule has 0 amide bonds. The van der Waals surface area contributed by atoms with Gasteiger partial charge in [0.2, 0.25) is 0 Å². The number of hydrogen-bond donors (Lipinski definition) is 0. The molecule has 2 aromatic rings. The first-order valence-electron chi connectivity index (χ1n) is 8.48. The van der Waals surface area contributed by atoms with Gasteiger partial charge in [-0.25, -0.2) is 0 Å². The van der Waals surface area contributed by atoms with Crippen LogP contribution in [0.5, 0.6) is 0 Å². The van der Waals surface area contributed by atoms with Crippen molar-refractivity contribution in [2.24, 2.45) is 5.92 Å². The lowest BCUT2D eigenvalue weighted by Gasteiger charge is -2.40. The molecule has 23 heavy (non-hydrogen) atoms. The van der Waals surface area contributed by atoms with Crippen LogP contribution < -0.4 is 0 Å². The normalized spacial score (nSPS) is 23.1. The van der Waals surface area contributed by atoms with Gasteiger partial charge in [-0.2, -0.15) is 0 Å². The summed E-state index contributed by atoms with van der Waals surface area (Å²) in [6.07, 6.45) is 6.49. The number of alkyl halides is 1. The smallest absolute Gasteiger partial charge is 0.0444 e. The Hall–Kier alpha value is -1.53. The van der Waals surface area contributed by atoms with Crippen LogP contribution in [0, 0.1) is 5.92 Å². The van der Waals surface area contributed by atoms with Crippen LogP contribution in [0.4, 0.5) is 0 Å². The van der Waals surface area contributed by atoms with E-state index in [1.54, 1.807) is 0 Å². The summed E-state index contributed by atoms with van der Waals surface area (Å²) in [7, 11) is 0. The van der Waals surface area contributed by atoms with Crippen molar-refractivity contribution < 1.29 is 0 Å². The summed E-state index contributed by atoms with van der Waals surface area (Å²) in [6, 6.07) is 13.2. The van der Waals surface area contributed by atoms with Crippen LogP contribution >= 0.6 is 11.6 Å². The Morgan fingerprint density at radius 3 is 2.61 bits per heavy atom. The molecule has 0 radical (unpaired) electrons. The topological polar surface area (TPSA) is 0 Å². The van der Waals surface area contributed by atoms with Crippen molar-refractivity contribution in [3.05, 3.63) is 71.8 Å². The molecule has 0 fully saturated rings. The predicted octanol–water partition coefficient (Wildman–Crippen LogP) is 6.42. The Labute approximate surface area is 144 Å². The molecule has 1 aliphatic carbocycles. The van der Waals surface area contributed by atoms with Gasteiger partial charge in [0.05, 0.1) is 0 Å². The Morgan fingerprint density at radius 2 is 2.00 bits per heavy atom. The highest BCUT2D eigenvalue weighted by atomic mass is 35.5. The van der Waals surface area contributed by atoms with Gasteiger partial charge >= 0.3 is 0 Å². The molecule has 120 valence electrons. The van der Waals surface area contributed by atoms with E-state index in [0.29, 0.717) is 0 Å². The maximum atomic E-state index is 6.70. The highest BCUT2D eigenvalue weighted by Gasteiger charge is 2.42. The monoisotopic (exact) mass is 324 g/mol. The number of aryl methyl sites for hydroxylation is 1. The van der Waals surface area contributed by atoms with Gasteiger partial charge in [-0.05, 0) is 41.7 Å². The Kier molecular flexibility index (Phi) is 4.38. The van der Waals surface area contributed by atoms with E-state index >= 15 is 0 Å². The zero-order chi connectivity index (χ0) is 16.6. The maximum absolute atomic E-state index is 6.70. The Bertz CT molecular complexity index is 771. The lowest BCUT2D eigenvalue weighted by Crippen LogP contribution is -2.37. The average Bonchev–Trinajstić information content (AvgIpc) is 2.99. The third-order valence-electron chi connectivity index (χ3n) is 5.56. The average molecular weight is 325 g/mol. The molecule has 0 N–H and O–H groups in total. The van der Waals surface area contributed by atoms with Crippen molar-refractivity contribution >= 4 is 22.4 Å². The number of benzene rings is 2. The van der Waals surface area contributed by atoms with Gasteiger partial charge in [-0.15, -0.1) is 11.6 Å². The van der Waals surface area contributed by atoms with Crippen molar-refractivity contribution in [1.29, 1.82) is 0 Å². The molecular formula is C22H25Cl. The molecule has 0 saturated carbocycles. The number of rotatable bonds is 4. The summed E-state index contributed by atoms with van der Waals surface area (Å²) in [5.41, 5.74) is 3.85. The van der Waals surface area contributed by atoms with Crippen LogP contribution in [0.25, 0.3) is 10.8 Å². The highest BCUT2D eigenvalue weighted by molar-refractivity contribution is 6.21. The molecule has 3 unspecified atom stereocenters. The quantitative estimate of drug-likeness (QED) is 0.449. The molecule has 0 nitrogen and oxygen atoms in total. The maximum Gasteiger partial charge on any atom is 0.0444 e. The molecule has 0 aliphatic heterocycles. The van der Waals surface area contributed by atoms with E-state index in [1.807, 2.05) is 0 Å². The third kappa shape index (κ3) is 2.54. The fraction of sp³-hybridized carbons (Fsp3) is 0.364. The molecule has 3 rings (SSSR count). The standard InChI is InChI=1S/C22H25Cl/c1-5-16-13-14-17-9-6-7-10-18(17)21(16)22(4,15(2)3)19-11-8-12-20(19)23/h6-11,13-14,19-20H,2,5,12H2,1,3-4H3. The van der Waals surface area contributed by atoms with E-state index in [4.69, 9.17) is 11.6 Å². The molecule has 2 aromatic carbocycles. The fourth-order valence-electron chi connectivity index (χ4n) is 4.07. The first kappa shape index (κ1) is 16.3. The van der Waals surface area contributed by atoms with Crippen LogP contribution in [0.1, 0.15) is 38.3 Å². The minimum atomic E-state index is -0.147. The van der Waals surface area contributed by atoms with Crippen LogP contribution in [0.2, 0.25) is 0 Å². The first-order chi connectivity index (χ1) is 11.0. The zero-order valence-electron chi connectivity index (χ0n) is 14.3. The molecule has 0 heterocycles. The van der Waals surface area contributed by atoms with Crippen LogP contribution in [0.3, 0.4) is 0 Å². The second-order valence-electron chi connectivity index (χ2n) is 6.86. The molecule has 0 spiro atoms. The van der Waals surface area contributed by atoms with Crippen molar-refractivity contribution in [2.75, 3.05) is 0 Å². The Morgan fingerprint density at radius 1 is 1.26 bits per heavy atom. The van der Waals surface area contributed by atoms with E-state index < -0.39 is 0 Å². The second kappa shape index (κ2) is 6.17. The predicted molar refractivity (Wildman–Crippen MR) is 102 cm³/mol. The minimum Gasteiger partial charge on any atom is -0.122 e. The van der Waals surface area contributed by atoms with Gasteiger partial charge in [0, 0.05) is 16.7 Å². The van der Waals surface area contributed by atoms with Gasteiger partial charge in [0.1, 0.15) is 0 Å². The van der Waals surface area contributed by atoms with Gasteiger partial charge in [0.15, 0.2) is 0 Å². The Balaban J connectivity index is 2.34. The summed E-state index contributed by atoms with van der Waals surface area (Å²) in [6.45, 7) is 11.1. The minimum absolute atomic E-state index is 0.139. The first-order valence-corrected chi connectivity index (χ1v) is 8.91. The van der Waals surface area contributed by atoms with Crippen molar-refractivity contribution in [1.82, 2.24) is 0 Å². The molecule has 0 aromatic heterocycles. The summed E-state index contributed by atoms with van der Waals surface area (Å²) in [5, 5.41) is 2.77. The van der Waals surface area contributed by atoms with Crippen LogP contribution in [-0.2, 0) is 11.8 Å². The lowest BCUT2D eigenvalue weighted by atomic mass is 9.64. The highest BCUT2D eigenvalue weighted by Crippen LogP contribution is 2.48. The lowest BCUT2D eigenvalue weighted by molar-refractivity contribution is 0.407. The number of halogens is 1. The second-order valence-corrected chi connectivity index (χ2v) is 7.42. The molecule has 0 bridgehead atoms. The van der Waals surface area contributed by atoms with E-state index in [9.17, 15) is 0 Å². The van der Waals surface area contributed by atoms with Crippen LogP contribution in [0.15, 0.2) is 60.7 Å². The van der Waals surface area contributed by atoms with Gasteiger partial charge in [-0.3, -0.25) is 0 Å². The van der Waals surface area contributed by atoms with Crippen molar-refractivity contribution in [3.8, 4) is 0 Å². The molecular weight excluding hydrogens is 300 g/mol. The molecule has 1 heteroatoms. The largest absolute Gasteiger partial charge is 0.122 e. The van der Waals surface area contributed by atoms with E-state index in [0.717, 1.165) is 12.8 Å². The fourth-order valence-corrected chi connectivity index (χ4v) is 4.50. The molecule has 3 atom stereocenters. The van der Waals surface area contributed by atoms with Crippen molar-refractivity contribution in [2.45, 2.75) is 44.4 Å². The summed E-state index contributed by atoms with van der Waals surface area (Å²) in [5.74, 6) is 0.290. The number of hydrogen-bond acceptors (Lipinski definition) is 0. The zero-order valence-corrected chi connectivity index (χ0v) is 15.0. The summed E-state index contributed by atoms with van der Waals surface area (Å²) in [4.78, 5) is 0. The summed E-state index contributed by atoms with van der Waals surface area (Å²) < 4.78 is 0. The van der Waals surface area contributed by atoms with E-state index in [1.165, 1.54) is 27.5 Å².